The van der Waals surface area contributed by atoms with Gasteiger partial charge in [-0.15, -0.1) is 28.2 Å². The van der Waals surface area contributed by atoms with Gasteiger partial charge in [-0.25, -0.2) is 9.37 Å². The summed E-state index contributed by atoms with van der Waals surface area (Å²) in [6.45, 7) is 3.63. The van der Waals surface area contributed by atoms with Crippen LogP contribution in [0.25, 0.3) is 5.69 Å². The van der Waals surface area contributed by atoms with Crippen molar-refractivity contribution in [2.45, 2.75) is 24.5 Å². The van der Waals surface area contributed by atoms with Crippen LogP contribution in [0, 0.1) is 19.7 Å². The molecule has 152 valence electrons. The number of amides is 1. The number of nitrogens with zero attached hydrogens (tertiary/aromatic N) is 5. The Morgan fingerprint density at radius 1 is 1.23 bits per heavy atom. The molecular formula is C20H17FN6OS2. The highest BCUT2D eigenvalue weighted by atomic mass is 32.2. The van der Waals surface area contributed by atoms with Crippen molar-refractivity contribution in [3.05, 3.63) is 75.8 Å². The number of aryl methyl sites for hydroxylation is 2. The molecule has 0 fully saturated rings. The third-order valence-electron chi connectivity index (χ3n) is 4.23. The number of hydrogen-bond acceptors (Lipinski definition) is 7. The normalized spacial score (nSPS) is 10.9. The zero-order chi connectivity index (χ0) is 21.1. The van der Waals surface area contributed by atoms with E-state index in [9.17, 15) is 9.18 Å². The molecule has 0 bridgehead atoms. The second-order valence-corrected chi connectivity index (χ2v) is 8.48. The lowest BCUT2D eigenvalue weighted by Gasteiger charge is -2.11. The fraction of sp³-hybridized carbons (Fsp3) is 0.150. The van der Waals surface area contributed by atoms with Crippen molar-refractivity contribution in [2.75, 3.05) is 5.32 Å². The lowest BCUT2D eigenvalue weighted by Crippen LogP contribution is -2.14. The summed E-state index contributed by atoms with van der Waals surface area (Å²) in [7, 11) is 0. The summed E-state index contributed by atoms with van der Waals surface area (Å²) in [5, 5.41) is 17.0. The molecule has 4 rings (SSSR count). The third-order valence-corrected chi connectivity index (χ3v) is 6.16. The molecule has 10 heteroatoms. The van der Waals surface area contributed by atoms with Gasteiger partial charge in [0.05, 0.1) is 16.3 Å². The number of benzene rings is 2. The van der Waals surface area contributed by atoms with Crippen molar-refractivity contribution in [1.29, 1.82) is 0 Å². The predicted octanol–water partition coefficient (Wildman–Crippen LogP) is 4.42. The zero-order valence-electron chi connectivity index (χ0n) is 16.2. The molecule has 1 N–H and O–H groups in total. The molecule has 0 radical (unpaired) electrons. The van der Waals surface area contributed by atoms with Gasteiger partial charge in [0.25, 0.3) is 5.91 Å². The van der Waals surface area contributed by atoms with Gasteiger partial charge in [0.2, 0.25) is 0 Å². The van der Waals surface area contributed by atoms with Crippen LogP contribution in [-0.4, -0.2) is 31.1 Å². The molecule has 0 aliphatic carbocycles. The van der Waals surface area contributed by atoms with E-state index < -0.39 is 5.82 Å². The monoisotopic (exact) mass is 440 g/mol. The Balaban J connectivity index is 1.54. The van der Waals surface area contributed by atoms with Gasteiger partial charge in [-0.1, -0.05) is 12.1 Å². The topological polar surface area (TPSA) is 85.6 Å². The number of anilines is 1. The average Bonchev–Trinajstić information content (AvgIpc) is 3.36. The Morgan fingerprint density at radius 2 is 2.07 bits per heavy atom. The minimum absolute atomic E-state index is 0.164. The minimum Gasteiger partial charge on any atom is -0.322 e. The second-order valence-electron chi connectivity index (χ2n) is 6.40. The van der Waals surface area contributed by atoms with E-state index in [1.165, 1.54) is 22.9 Å². The number of carbonyl (C=O) groups is 1. The summed E-state index contributed by atoms with van der Waals surface area (Å²) in [5.41, 5.74) is 2.13. The summed E-state index contributed by atoms with van der Waals surface area (Å²) in [6, 6.07) is 11.7. The number of nitrogens with one attached hydrogen (secondary N) is 1. The van der Waals surface area contributed by atoms with Crippen molar-refractivity contribution in [3.63, 3.8) is 0 Å². The Bertz CT molecular complexity index is 1210. The summed E-state index contributed by atoms with van der Waals surface area (Å²) in [6.07, 6.45) is 0. The minimum atomic E-state index is -0.488. The molecular weight excluding hydrogens is 423 g/mol. The molecule has 30 heavy (non-hydrogen) atoms. The fourth-order valence-corrected chi connectivity index (χ4v) is 4.47. The van der Waals surface area contributed by atoms with Crippen LogP contribution in [0.1, 0.15) is 26.9 Å². The van der Waals surface area contributed by atoms with Crippen LogP contribution in [-0.2, 0) is 5.75 Å². The van der Waals surface area contributed by atoms with Crippen LogP contribution in [0.5, 0.6) is 0 Å². The van der Waals surface area contributed by atoms with Crippen molar-refractivity contribution in [3.8, 4) is 5.69 Å². The highest BCUT2D eigenvalue weighted by molar-refractivity contribution is 7.98. The maximum Gasteiger partial charge on any atom is 0.256 e. The van der Waals surface area contributed by atoms with Crippen LogP contribution in [0.3, 0.4) is 0 Å². The molecule has 0 spiro atoms. The van der Waals surface area contributed by atoms with E-state index in [2.05, 4.69) is 25.8 Å². The van der Waals surface area contributed by atoms with Crippen LogP contribution < -0.4 is 5.32 Å². The SMILES string of the molecule is Cc1nc(CSc2ccccc2C(=O)Nc2ccc(F)c(-n3nnnc3C)c2)cs1. The average molecular weight is 441 g/mol. The summed E-state index contributed by atoms with van der Waals surface area (Å²) in [4.78, 5) is 18.2. The maximum absolute atomic E-state index is 14.3. The molecule has 0 saturated carbocycles. The van der Waals surface area contributed by atoms with Crippen molar-refractivity contribution in [2.24, 2.45) is 0 Å². The Morgan fingerprint density at radius 3 is 2.80 bits per heavy atom. The molecule has 4 aromatic rings. The first kappa shape index (κ1) is 20.2. The predicted molar refractivity (Wildman–Crippen MR) is 115 cm³/mol. The van der Waals surface area contributed by atoms with Gasteiger partial charge < -0.3 is 5.32 Å². The number of thiazole rings is 1. The van der Waals surface area contributed by atoms with E-state index in [0.29, 0.717) is 22.8 Å². The number of thioether (sulfide) groups is 1. The van der Waals surface area contributed by atoms with Gasteiger partial charge in [0.1, 0.15) is 11.5 Å². The van der Waals surface area contributed by atoms with E-state index in [-0.39, 0.29) is 11.6 Å². The number of tetrazole rings is 1. The van der Waals surface area contributed by atoms with Crippen molar-refractivity contribution >= 4 is 34.7 Å². The summed E-state index contributed by atoms with van der Waals surface area (Å²) in [5.74, 6) is 0.348. The van der Waals surface area contributed by atoms with E-state index in [1.807, 2.05) is 30.5 Å². The first-order valence-corrected chi connectivity index (χ1v) is 10.9. The quantitative estimate of drug-likeness (QED) is 0.447. The van der Waals surface area contributed by atoms with Gasteiger partial charge in [-0.05, 0) is 54.6 Å². The molecule has 0 unspecified atom stereocenters. The van der Waals surface area contributed by atoms with Gasteiger partial charge in [-0.3, -0.25) is 4.79 Å². The largest absolute Gasteiger partial charge is 0.322 e. The number of rotatable bonds is 6. The smallest absolute Gasteiger partial charge is 0.256 e. The highest BCUT2D eigenvalue weighted by Gasteiger charge is 2.15. The third kappa shape index (κ3) is 4.39. The number of carbonyl (C=O) groups excluding carboxylic acids is 1. The number of hydrogen-bond donors (Lipinski definition) is 1. The molecule has 0 aliphatic rings. The molecule has 0 aliphatic heterocycles. The van der Waals surface area contributed by atoms with Crippen molar-refractivity contribution < 1.29 is 9.18 Å². The maximum atomic E-state index is 14.3. The van der Waals surface area contributed by atoms with Gasteiger partial charge in [0.15, 0.2) is 5.82 Å². The standard InChI is InChI=1S/C20H17FN6OS2/c1-12-24-25-26-27(12)18-9-14(7-8-17(18)21)23-20(28)16-5-3-4-6-19(16)30-11-15-10-29-13(2)22-15/h3-10H,11H2,1-2H3,(H,23,28). The van der Waals surface area contributed by atoms with E-state index in [0.717, 1.165) is 15.6 Å². The first-order valence-electron chi connectivity index (χ1n) is 9.00. The fourth-order valence-electron chi connectivity index (χ4n) is 2.81. The molecule has 2 aromatic carbocycles. The highest BCUT2D eigenvalue weighted by Crippen LogP contribution is 2.28. The lowest BCUT2D eigenvalue weighted by atomic mass is 10.2. The number of aromatic nitrogens is 5. The zero-order valence-corrected chi connectivity index (χ0v) is 17.8. The van der Waals surface area contributed by atoms with Gasteiger partial charge in [-0.2, -0.15) is 4.68 Å². The van der Waals surface area contributed by atoms with Crippen LogP contribution in [0.4, 0.5) is 10.1 Å². The lowest BCUT2D eigenvalue weighted by molar-refractivity contribution is 0.102. The molecule has 7 nitrogen and oxygen atoms in total. The molecule has 0 saturated heterocycles. The second kappa shape index (κ2) is 8.72. The van der Waals surface area contributed by atoms with E-state index in [1.54, 1.807) is 36.1 Å². The summed E-state index contributed by atoms with van der Waals surface area (Å²) >= 11 is 3.15. The Hall–Kier alpha value is -3.11. The molecule has 2 aromatic heterocycles. The van der Waals surface area contributed by atoms with Gasteiger partial charge >= 0.3 is 0 Å². The Labute approximate surface area is 180 Å². The number of halogens is 1. The van der Waals surface area contributed by atoms with Crippen LogP contribution in [0.2, 0.25) is 0 Å². The first-order chi connectivity index (χ1) is 14.5. The van der Waals surface area contributed by atoms with E-state index >= 15 is 0 Å². The van der Waals surface area contributed by atoms with Crippen LogP contribution in [0.15, 0.2) is 52.7 Å². The van der Waals surface area contributed by atoms with E-state index in [4.69, 9.17) is 0 Å². The van der Waals surface area contributed by atoms with Crippen molar-refractivity contribution in [1.82, 2.24) is 25.2 Å². The Kier molecular flexibility index (Phi) is 5.86. The summed E-state index contributed by atoms with van der Waals surface area (Å²) < 4.78 is 15.5. The molecule has 2 heterocycles. The molecule has 0 atom stereocenters. The molecule has 1 amide bonds. The van der Waals surface area contributed by atoms with Gasteiger partial charge in [0, 0.05) is 21.7 Å². The van der Waals surface area contributed by atoms with Crippen LogP contribution >= 0.6 is 23.1 Å².